The molecular weight excluding hydrogens is 575 g/mol. The molecule has 2 aliphatic heterocycles. The quantitative estimate of drug-likeness (QED) is 0.160. The van der Waals surface area contributed by atoms with E-state index >= 15 is 4.39 Å². The average molecular weight is 597 g/mol. The third kappa shape index (κ3) is 3.73. The monoisotopic (exact) mass is 596 g/mol. The number of benzene rings is 4. The Bertz CT molecular complexity index is 2410. The Kier molecular flexibility index (Phi) is 5.00. The molecule has 6 aromatic rings. The van der Waals surface area contributed by atoms with Crippen molar-refractivity contribution in [2.75, 3.05) is 0 Å². The van der Waals surface area contributed by atoms with Gasteiger partial charge in [0.05, 0.1) is 33.7 Å². The van der Waals surface area contributed by atoms with Crippen LogP contribution in [0.4, 0.5) is 4.39 Å². The predicted octanol–water partition coefficient (Wildman–Crippen LogP) is 6.46. The van der Waals surface area contributed by atoms with Crippen LogP contribution in [-0.4, -0.2) is 53.0 Å². The van der Waals surface area contributed by atoms with Crippen LogP contribution in [0, 0.1) is 5.92 Å². The van der Waals surface area contributed by atoms with Crippen LogP contribution in [0.2, 0.25) is 0 Å². The number of halogens is 1. The summed E-state index contributed by atoms with van der Waals surface area (Å²) in [6, 6.07) is 19.8. The SMILES string of the molecule is Oc1ccc2c3ccc(O)cc3n(C3=NC4=CC(F)=CC5=NC(n6c7cc(O)ccc7c7ccc(O)cc76)=NC(=N3)C4C5)c2c1. The number of fused-ring (bicyclic) bond motifs is 7. The van der Waals surface area contributed by atoms with Gasteiger partial charge in [0.25, 0.3) is 0 Å². The summed E-state index contributed by atoms with van der Waals surface area (Å²) in [6.45, 7) is 0. The van der Waals surface area contributed by atoms with Crippen LogP contribution >= 0.6 is 0 Å². The van der Waals surface area contributed by atoms with E-state index in [1.165, 1.54) is 12.2 Å². The predicted molar refractivity (Wildman–Crippen MR) is 171 cm³/mol. The third-order valence-electron chi connectivity index (χ3n) is 8.44. The van der Waals surface area contributed by atoms with Crippen molar-refractivity contribution in [3.05, 3.63) is 96.5 Å². The summed E-state index contributed by atoms with van der Waals surface area (Å²) in [6.07, 6.45) is 2.98. The smallest absolute Gasteiger partial charge is 0.236 e. The van der Waals surface area contributed by atoms with Gasteiger partial charge in [-0.2, -0.15) is 9.98 Å². The van der Waals surface area contributed by atoms with Crippen molar-refractivity contribution < 1.29 is 24.8 Å². The molecule has 1 aliphatic carbocycles. The highest BCUT2D eigenvalue weighted by molar-refractivity contribution is 6.22. The minimum Gasteiger partial charge on any atom is -0.508 e. The maximum atomic E-state index is 15.4. The molecule has 4 heterocycles. The molecule has 1 unspecified atom stereocenters. The Morgan fingerprint density at radius 2 is 1.00 bits per heavy atom. The molecule has 4 N–H and O–H groups in total. The summed E-state index contributed by atoms with van der Waals surface area (Å²) in [7, 11) is 0. The second-order valence-electron chi connectivity index (χ2n) is 11.2. The number of hydrogen-bond donors (Lipinski definition) is 4. The zero-order chi connectivity index (χ0) is 30.6. The first-order valence-corrected chi connectivity index (χ1v) is 14.2. The van der Waals surface area contributed by atoms with E-state index in [-0.39, 0.29) is 41.3 Å². The molecule has 10 nitrogen and oxygen atoms in total. The molecule has 2 bridgehead atoms. The van der Waals surface area contributed by atoms with E-state index in [1.807, 2.05) is 0 Å². The summed E-state index contributed by atoms with van der Waals surface area (Å²) < 4.78 is 18.8. The van der Waals surface area contributed by atoms with Gasteiger partial charge in [0.1, 0.15) is 34.7 Å². The van der Waals surface area contributed by atoms with Crippen molar-refractivity contribution in [2.24, 2.45) is 25.9 Å². The summed E-state index contributed by atoms with van der Waals surface area (Å²) >= 11 is 0. The molecule has 0 saturated carbocycles. The van der Waals surface area contributed by atoms with E-state index in [0.29, 0.717) is 39.3 Å². The summed E-state index contributed by atoms with van der Waals surface area (Å²) in [5.74, 6) is -0.246. The molecule has 0 saturated heterocycles. The highest BCUT2D eigenvalue weighted by Crippen LogP contribution is 2.38. The lowest BCUT2D eigenvalue weighted by Crippen LogP contribution is -2.25. The van der Waals surface area contributed by atoms with Crippen LogP contribution in [0.3, 0.4) is 0 Å². The van der Waals surface area contributed by atoms with Gasteiger partial charge in [-0.25, -0.2) is 14.4 Å². The second kappa shape index (κ2) is 8.89. The standard InChI is InChI=1S/C34H21FN6O4/c35-16-9-17-11-26-27(10-16)37-34(41-30-14-20(44)3-7-24(30)25-8-4-21(45)15-31(25)41)39-32(26)38-33(36-17)40-28-12-18(42)1-5-22(28)23-6-2-19(43)13-29(23)40/h1-10,12-15,26,42-45H,11H2. The fraction of sp³-hybridized carbons (Fsp3) is 0.0588. The van der Waals surface area contributed by atoms with E-state index in [9.17, 15) is 20.4 Å². The number of aromatic nitrogens is 2. The Hall–Kier alpha value is -6.23. The van der Waals surface area contributed by atoms with Crippen molar-refractivity contribution in [1.82, 2.24) is 9.13 Å². The Morgan fingerprint density at radius 3 is 1.47 bits per heavy atom. The molecule has 45 heavy (non-hydrogen) atoms. The maximum absolute atomic E-state index is 15.4. The lowest BCUT2D eigenvalue weighted by molar-refractivity contribution is 0.475. The normalized spacial score (nSPS) is 17.8. The zero-order valence-corrected chi connectivity index (χ0v) is 23.2. The van der Waals surface area contributed by atoms with Crippen molar-refractivity contribution in [3.8, 4) is 23.0 Å². The van der Waals surface area contributed by atoms with Gasteiger partial charge in [0, 0.05) is 57.9 Å². The fourth-order valence-corrected chi connectivity index (χ4v) is 6.53. The minimum absolute atomic E-state index is 0.0334. The first kappa shape index (κ1) is 25.3. The molecule has 1 atom stereocenters. The maximum Gasteiger partial charge on any atom is 0.236 e. The minimum atomic E-state index is -0.535. The molecule has 2 aromatic heterocycles. The van der Waals surface area contributed by atoms with Gasteiger partial charge in [-0.05, 0) is 60.7 Å². The van der Waals surface area contributed by atoms with Crippen LogP contribution in [0.15, 0.2) is 116 Å². The fourth-order valence-electron chi connectivity index (χ4n) is 6.53. The molecular formula is C34H21FN6O4. The summed E-state index contributed by atoms with van der Waals surface area (Å²) in [5.41, 5.74) is 3.18. The number of allylic oxidation sites excluding steroid dienone is 3. The highest BCUT2D eigenvalue weighted by Gasteiger charge is 2.34. The van der Waals surface area contributed by atoms with Crippen LogP contribution in [0.1, 0.15) is 6.42 Å². The molecule has 0 fully saturated rings. The van der Waals surface area contributed by atoms with Gasteiger partial charge in [-0.1, -0.05) is 0 Å². The number of aromatic hydroxyl groups is 4. The first-order valence-electron chi connectivity index (χ1n) is 14.2. The molecule has 0 amide bonds. The number of phenolic OH excluding ortho intramolecular Hbond substituents is 4. The van der Waals surface area contributed by atoms with E-state index in [0.717, 1.165) is 21.5 Å². The van der Waals surface area contributed by atoms with E-state index in [4.69, 9.17) is 20.0 Å². The van der Waals surface area contributed by atoms with Crippen molar-refractivity contribution in [1.29, 1.82) is 0 Å². The molecule has 4 aromatic carbocycles. The Labute approximate surface area is 252 Å². The van der Waals surface area contributed by atoms with Crippen molar-refractivity contribution in [3.63, 3.8) is 0 Å². The van der Waals surface area contributed by atoms with E-state index in [2.05, 4.69) is 0 Å². The van der Waals surface area contributed by atoms with Crippen LogP contribution in [-0.2, 0) is 0 Å². The summed E-state index contributed by atoms with van der Waals surface area (Å²) in [4.78, 5) is 19.5. The first-order chi connectivity index (χ1) is 21.8. The number of hydrogen-bond acceptors (Lipinski definition) is 8. The van der Waals surface area contributed by atoms with Crippen molar-refractivity contribution >= 4 is 67.1 Å². The molecule has 3 aliphatic rings. The Morgan fingerprint density at radius 1 is 0.556 bits per heavy atom. The summed E-state index contributed by atoms with van der Waals surface area (Å²) in [5, 5.41) is 44.9. The van der Waals surface area contributed by atoms with Crippen LogP contribution < -0.4 is 0 Å². The molecule has 0 spiro atoms. The molecule has 9 rings (SSSR count). The van der Waals surface area contributed by atoms with Crippen molar-refractivity contribution in [2.45, 2.75) is 6.42 Å². The second-order valence-corrected chi connectivity index (χ2v) is 11.2. The van der Waals surface area contributed by atoms with E-state index in [1.54, 1.807) is 81.9 Å². The third-order valence-corrected chi connectivity index (χ3v) is 8.44. The topological polar surface area (TPSA) is 140 Å². The van der Waals surface area contributed by atoms with E-state index < -0.39 is 11.7 Å². The van der Waals surface area contributed by atoms with Gasteiger partial charge in [0.2, 0.25) is 11.9 Å². The number of nitrogens with zero attached hydrogens (tertiary/aromatic N) is 6. The number of aliphatic imine (C=N–C) groups is 4. The van der Waals surface area contributed by atoms with Gasteiger partial charge >= 0.3 is 0 Å². The number of amidine groups is 1. The molecule has 0 radical (unpaired) electrons. The average Bonchev–Trinajstić information content (AvgIpc) is 3.32. The Balaban J connectivity index is 1.35. The van der Waals surface area contributed by atoms with Crippen LogP contribution in [0.25, 0.3) is 43.6 Å². The highest BCUT2D eigenvalue weighted by atomic mass is 19.1. The molecule has 218 valence electrons. The lowest BCUT2D eigenvalue weighted by atomic mass is 9.97. The van der Waals surface area contributed by atoms with Crippen LogP contribution in [0.5, 0.6) is 23.0 Å². The largest absolute Gasteiger partial charge is 0.508 e. The van der Waals surface area contributed by atoms with Gasteiger partial charge in [0.15, 0.2) is 0 Å². The number of rotatable bonds is 0. The lowest BCUT2D eigenvalue weighted by Gasteiger charge is -2.21. The molecule has 11 heteroatoms. The zero-order valence-electron chi connectivity index (χ0n) is 23.2. The van der Waals surface area contributed by atoms with Gasteiger partial charge in [-0.15, -0.1) is 0 Å². The number of phenols is 4. The van der Waals surface area contributed by atoms with Gasteiger partial charge in [-0.3, -0.25) is 9.13 Å². The van der Waals surface area contributed by atoms with Gasteiger partial charge < -0.3 is 20.4 Å².